The molecule has 1 unspecified atom stereocenters. The Morgan fingerprint density at radius 1 is 0.973 bits per heavy atom. The predicted molar refractivity (Wildman–Crippen MR) is 133 cm³/mol. The topological polar surface area (TPSA) is 63.5 Å². The number of benzene rings is 2. The van der Waals surface area contributed by atoms with Crippen molar-refractivity contribution in [2.45, 2.75) is 46.0 Å². The molecule has 1 fully saturated rings. The van der Waals surface area contributed by atoms with E-state index in [4.69, 9.17) is 4.74 Å². The zero-order valence-electron chi connectivity index (χ0n) is 21.3. The van der Waals surface area contributed by atoms with E-state index in [1.54, 1.807) is 22.1 Å². The zero-order chi connectivity index (χ0) is 26.6. The van der Waals surface area contributed by atoms with Crippen molar-refractivity contribution in [3.8, 4) is 5.75 Å². The maximum atomic E-state index is 12.8. The van der Waals surface area contributed by atoms with Crippen LogP contribution < -0.4 is 4.74 Å². The average Bonchev–Trinajstić information content (AvgIpc) is 3.41. The van der Waals surface area contributed by atoms with Gasteiger partial charge in [0.2, 0.25) is 0 Å². The van der Waals surface area contributed by atoms with Crippen LogP contribution in [-0.4, -0.2) is 63.5 Å². The highest BCUT2D eigenvalue weighted by Gasteiger charge is 2.31. The van der Waals surface area contributed by atoms with Crippen molar-refractivity contribution in [1.29, 1.82) is 0 Å². The van der Waals surface area contributed by atoms with Crippen LogP contribution in [-0.2, 0) is 12.7 Å². The number of hydrogen-bond donors (Lipinski definition) is 0. The number of halogens is 3. The summed E-state index contributed by atoms with van der Waals surface area (Å²) < 4.78 is 44.5. The third-order valence-electron chi connectivity index (χ3n) is 7.06. The van der Waals surface area contributed by atoms with Gasteiger partial charge in [-0.1, -0.05) is 6.07 Å². The first kappa shape index (κ1) is 26.7. The molecular formula is C27H32F3N5O2. The fraction of sp³-hybridized carbons (Fsp3) is 0.444. The summed E-state index contributed by atoms with van der Waals surface area (Å²) >= 11 is 0. The molecular weight excluding hydrogens is 483 g/mol. The summed E-state index contributed by atoms with van der Waals surface area (Å²) in [6.45, 7) is 10.0. The minimum absolute atomic E-state index is 0.155. The lowest BCUT2D eigenvalue weighted by molar-refractivity contribution is -0.137. The summed E-state index contributed by atoms with van der Waals surface area (Å²) in [6.07, 6.45) is -0.292. The minimum Gasteiger partial charge on any atom is -0.493 e. The summed E-state index contributed by atoms with van der Waals surface area (Å²) in [5.41, 5.74) is 3.03. The standard InChI is InChI=1S/C27H32F3N5O2/c1-19-20(2)25(37-18-4-13-35-31-11-12-32-35)10-9-24(19)21(3)33-14-16-34(17-15-33)26(36)22-5-7-23(8-6-22)27(28,29)30/h5-12,21H,4,13-18H2,1-3H3. The number of ether oxygens (including phenoxy) is 1. The van der Waals surface area contributed by atoms with Crippen LogP contribution in [0.2, 0.25) is 0 Å². The minimum atomic E-state index is -4.41. The van der Waals surface area contributed by atoms with Gasteiger partial charge in [0.15, 0.2) is 0 Å². The second kappa shape index (κ2) is 11.3. The highest BCUT2D eigenvalue weighted by atomic mass is 19.4. The number of aryl methyl sites for hydroxylation is 1. The molecule has 3 aromatic rings. The Hall–Kier alpha value is -3.40. The van der Waals surface area contributed by atoms with Crippen LogP contribution in [0.4, 0.5) is 13.2 Å². The predicted octanol–water partition coefficient (Wildman–Crippen LogP) is 4.90. The Kier molecular flexibility index (Phi) is 8.16. The van der Waals surface area contributed by atoms with Crippen LogP contribution in [0.15, 0.2) is 48.8 Å². The van der Waals surface area contributed by atoms with Gasteiger partial charge in [0.05, 0.1) is 31.1 Å². The molecule has 2 aromatic carbocycles. The second-order valence-electron chi connectivity index (χ2n) is 9.31. The monoisotopic (exact) mass is 515 g/mol. The van der Waals surface area contributed by atoms with Gasteiger partial charge >= 0.3 is 6.18 Å². The molecule has 1 atom stereocenters. The Bertz CT molecular complexity index is 1190. The maximum absolute atomic E-state index is 12.8. The van der Waals surface area contributed by atoms with Gasteiger partial charge in [-0.2, -0.15) is 28.2 Å². The van der Waals surface area contributed by atoms with Crippen molar-refractivity contribution in [2.24, 2.45) is 0 Å². The molecule has 0 aliphatic carbocycles. The largest absolute Gasteiger partial charge is 0.493 e. The molecule has 1 aromatic heterocycles. The molecule has 1 aliphatic rings. The van der Waals surface area contributed by atoms with Gasteiger partial charge in [-0.05, 0) is 67.8 Å². The van der Waals surface area contributed by atoms with E-state index in [-0.39, 0.29) is 17.5 Å². The van der Waals surface area contributed by atoms with Gasteiger partial charge in [-0.25, -0.2) is 0 Å². The number of alkyl halides is 3. The highest BCUT2D eigenvalue weighted by Crippen LogP contribution is 2.32. The van der Waals surface area contributed by atoms with Crippen molar-refractivity contribution >= 4 is 5.91 Å². The number of amides is 1. The SMILES string of the molecule is Cc1c(OCCCn2nccn2)ccc(C(C)N2CCN(C(=O)c3ccc(C(F)(F)F)cc3)CC2)c1C. The van der Waals surface area contributed by atoms with Gasteiger partial charge in [-0.15, -0.1) is 0 Å². The first-order valence-electron chi connectivity index (χ1n) is 12.4. The van der Waals surface area contributed by atoms with Crippen molar-refractivity contribution in [3.63, 3.8) is 0 Å². The molecule has 0 radical (unpaired) electrons. The lowest BCUT2D eigenvalue weighted by Crippen LogP contribution is -2.49. The van der Waals surface area contributed by atoms with Crippen molar-refractivity contribution < 1.29 is 22.7 Å². The number of aromatic nitrogens is 3. The Balaban J connectivity index is 1.31. The Labute approximate surface area is 214 Å². The van der Waals surface area contributed by atoms with E-state index in [9.17, 15) is 18.0 Å². The molecule has 1 amide bonds. The van der Waals surface area contributed by atoms with E-state index in [1.807, 2.05) is 6.07 Å². The van der Waals surface area contributed by atoms with Crippen molar-refractivity contribution in [3.05, 3.63) is 76.6 Å². The Morgan fingerprint density at radius 2 is 1.62 bits per heavy atom. The smallest absolute Gasteiger partial charge is 0.416 e. The number of piperazine rings is 1. The van der Waals surface area contributed by atoms with Gasteiger partial charge in [0, 0.05) is 44.2 Å². The number of hydrogen-bond acceptors (Lipinski definition) is 5. The lowest BCUT2D eigenvalue weighted by atomic mass is 9.96. The molecule has 1 aliphatic heterocycles. The van der Waals surface area contributed by atoms with Gasteiger partial charge in [-0.3, -0.25) is 9.69 Å². The zero-order valence-corrected chi connectivity index (χ0v) is 21.3. The summed E-state index contributed by atoms with van der Waals surface area (Å²) in [6, 6.07) is 8.71. The van der Waals surface area contributed by atoms with E-state index in [2.05, 4.69) is 41.9 Å². The summed E-state index contributed by atoms with van der Waals surface area (Å²) in [5.74, 6) is 0.631. The quantitative estimate of drug-likeness (QED) is 0.400. The van der Waals surface area contributed by atoms with Crippen molar-refractivity contribution in [1.82, 2.24) is 24.8 Å². The van der Waals surface area contributed by atoms with Crippen LogP contribution in [0.25, 0.3) is 0 Å². The second-order valence-corrected chi connectivity index (χ2v) is 9.31. The molecule has 0 N–H and O–H groups in total. The lowest BCUT2D eigenvalue weighted by Gasteiger charge is -2.39. The van der Waals surface area contributed by atoms with Gasteiger partial charge in [0.1, 0.15) is 5.75 Å². The fourth-order valence-corrected chi connectivity index (χ4v) is 4.67. The Morgan fingerprint density at radius 3 is 2.24 bits per heavy atom. The molecule has 37 heavy (non-hydrogen) atoms. The normalized spacial score (nSPS) is 15.6. The highest BCUT2D eigenvalue weighted by molar-refractivity contribution is 5.94. The number of nitrogens with zero attached hydrogens (tertiary/aromatic N) is 5. The molecule has 0 bridgehead atoms. The van der Waals surface area contributed by atoms with Crippen molar-refractivity contribution in [2.75, 3.05) is 32.8 Å². The molecule has 2 heterocycles. The van der Waals surface area contributed by atoms with Gasteiger partial charge in [0.25, 0.3) is 5.91 Å². The number of carbonyl (C=O) groups excluding carboxylic acids is 1. The third kappa shape index (κ3) is 6.30. The van der Waals surface area contributed by atoms with Crippen LogP contribution in [0.1, 0.15) is 52.0 Å². The van der Waals surface area contributed by atoms with Crippen LogP contribution in [0, 0.1) is 13.8 Å². The van der Waals surface area contributed by atoms with E-state index >= 15 is 0 Å². The molecule has 10 heteroatoms. The maximum Gasteiger partial charge on any atom is 0.416 e. The molecule has 4 rings (SSSR count). The first-order valence-corrected chi connectivity index (χ1v) is 12.4. The summed E-state index contributed by atoms with van der Waals surface area (Å²) in [7, 11) is 0. The van der Waals surface area contributed by atoms with E-state index in [0.717, 1.165) is 29.9 Å². The molecule has 7 nitrogen and oxygen atoms in total. The van der Waals surface area contributed by atoms with Gasteiger partial charge < -0.3 is 9.64 Å². The fourth-order valence-electron chi connectivity index (χ4n) is 4.67. The van der Waals surface area contributed by atoms with Crippen LogP contribution in [0.5, 0.6) is 5.75 Å². The van der Waals surface area contributed by atoms with E-state index in [1.165, 1.54) is 23.3 Å². The molecule has 0 saturated carbocycles. The summed E-state index contributed by atoms with van der Waals surface area (Å²) in [5, 5.41) is 8.19. The third-order valence-corrected chi connectivity index (χ3v) is 7.06. The number of rotatable bonds is 8. The molecule has 198 valence electrons. The average molecular weight is 516 g/mol. The molecule has 0 spiro atoms. The van der Waals surface area contributed by atoms with E-state index in [0.29, 0.717) is 39.3 Å². The van der Waals surface area contributed by atoms with Crippen LogP contribution >= 0.6 is 0 Å². The first-order chi connectivity index (χ1) is 17.6. The number of carbonyl (C=O) groups is 1. The molecule has 1 saturated heterocycles. The summed E-state index contributed by atoms with van der Waals surface area (Å²) in [4.78, 5) is 18.5. The van der Waals surface area contributed by atoms with Crippen LogP contribution in [0.3, 0.4) is 0 Å². The van der Waals surface area contributed by atoms with E-state index < -0.39 is 11.7 Å².